The van der Waals surface area contributed by atoms with E-state index in [9.17, 15) is 22.8 Å². The van der Waals surface area contributed by atoms with Crippen LogP contribution in [0, 0.1) is 11.3 Å². The molecule has 3 atom stereocenters. The topological polar surface area (TPSA) is 61.7 Å². The Morgan fingerprint density at radius 2 is 2.00 bits per heavy atom. The Labute approximate surface area is 207 Å². The molecule has 2 aromatic rings. The number of amides is 2. The Bertz CT molecular complexity index is 1140. The zero-order valence-corrected chi connectivity index (χ0v) is 20.9. The van der Waals surface area contributed by atoms with Gasteiger partial charge in [0.15, 0.2) is 0 Å². The van der Waals surface area contributed by atoms with Gasteiger partial charge in [0, 0.05) is 44.7 Å². The van der Waals surface area contributed by atoms with E-state index in [-0.39, 0.29) is 29.3 Å². The first-order valence-corrected chi connectivity index (χ1v) is 11.8. The molecule has 0 spiro atoms. The van der Waals surface area contributed by atoms with Crippen molar-refractivity contribution in [3.8, 4) is 0 Å². The summed E-state index contributed by atoms with van der Waals surface area (Å²) in [6.07, 6.45) is 0.288. The number of hydrogen-bond acceptors (Lipinski definition) is 4. The number of rotatable bonds is 4. The third-order valence-corrected chi connectivity index (χ3v) is 7.92. The zero-order chi connectivity index (χ0) is 25.7. The van der Waals surface area contributed by atoms with Gasteiger partial charge in [-0.2, -0.15) is 23.0 Å². The molecule has 1 aliphatic carbocycles. The maximum atomic E-state index is 13.1. The van der Waals surface area contributed by atoms with Crippen LogP contribution in [0.3, 0.4) is 0 Å². The average molecular weight is 512 g/mol. The number of aromatic nitrogens is 2. The number of benzene rings is 1. The lowest BCUT2D eigenvalue weighted by Gasteiger charge is -2.29. The van der Waals surface area contributed by atoms with E-state index in [4.69, 9.17) is 11.6 Å². The number of carbonyl (C=O) groups excluding carboxylic acids is 2. The molecule has 190 valence electrons. The number of alkyl halides is 3. The number of halogens is 4. The summed E-state index contributed by atoms with van der Waals surface area (Å²) >= 11 is 6.20. The van der Waals surface area contributed by atoms with E-state index in [0.29, 0.717) is 35.9 Å². The Kier molecular flexibility index (Phi) is 6.65. The molecule has 35 heavy (non-hydrogen) atoms. The third-order valence-electron chi connectivity index (χ3n) is 7.55. The van der Waals surface area contributed by atoms with Gasteiger partial charge in [0.1, 0.15) is 0 Å². The van der Waals surface area contributed by atoms with Gasteiger partial charge in [-0.05, 0) is 55.0 Å². The van der Waals surface area contributed by atoms with E-state index in [1.54, 1.807) is 18.1 Å². The number of hydrogen-bond donors (Lipinski definition) is 0. The fraction of sp³-hybridized carbons (Fsp3) is 0.542. The summed E-state index contributed by atoms with van der Waals surface area (Å²) in [5.74, 6) is 0.118. The molecule has 4 rings (SSSR count). The first-order valence-electron chi connectivity index (χ1n) is 11.4. The van der Waals surface area contributed by atoms with Crippen LogP contribution in [0.1, 0.15) is 37.8 Å². The summed E-state index contributed by atoms with van der Waals surface area (Å²) < 4.78 is 40.7. The minimum atomic E-state index is -4.41. The van der Waals surface area contributed by atoms with Crippen LogP contribution in [0.4, 0.5) is 23.7 Å². The van der Waals surface area contributed by atoms with Crippen molar-refractivity contribution < 1.29 is 22.8 Å². The number of nitrogens with zero attached hydrogens (tertiary/aromatic N) is 5. The molecule has 0 bridgehead atoms. The molecule has 11 heteroatoms. The van der Waals surface area contributed by atoms with E-state index in [0.717, 1.165) is 25.0 Å². The lowest BCUT2D eigenvalue weighted by Crippen LogP contribution is -2.37. The van der Waals surface area contributed by atoms with Gasteiger partial charge in [0.25, 0.3) is 0 Å². The summed E-state index contributed by atoms with van der Waals surface area (Å²) in [5, 5.41) is 4.45. The molecular weight excluding hydrogens is 483 g/mol. The molecule has 1 aromatic heterocycles. The molecule has 1 saturated heterocycles. The predicted molar refractivity (Wildman–Crippen MR) is 126 cm³/mol. The molecule has 2 fully saturated rings. The summed E-state index contributed by atoms with van der Waals surface area (Å²) in [4.78, 5) is 29.9. The first kappa shape index (κ1) is 25.5. The molecule has 1 saturated carbocycles. The second kappa shape index (κ2) is 9.13. The molecule has 0 radical (unpaired) electrons. The number of fused-ring (bicyclic) bond motifs is 1. The number of likely N-dealkylation sites (tertiary alicyclic amines) is 1. The molecular formula is C24H29ClF3N5O2. The largest absolute Gasteiger partial charge is 0.416 e. The van der Waals surface area contributed by atoms with E-state index >= 15 is 0 Å². The van der Waals surface area contributed by atoms with Crippen molar-refractivity contribution in [2.45, 2.75) is 45.5 Å². The van der Waals surface area contributed by atoms with E-state index in [1.165, 1.54) is 28.8 Å². The summed E-state index contributed by atoms with van der Waals surface area (Å²) in [7, 11) is 3.53. The predicted octanol–water partition coefficient (Wildman–Crippen LogP) is 4.74. The first-order chi connectivity index (χ1) is 16.3. The molecule has 1 aliphatic heterocycles. The van der Waals surface area contributed by atoms with Crippen LogP contribution in [0.5, 0.6) is 0 Å². The minimum absolute atomic E-state index is 0.0989. The molecule has 0 N–H and O–H groups in total. The van der Waals surface area contributed by atoms with Crippen molar-refractivity contribution in [2.75, 3.05) is 32.1 Å². The van der Waals surface area contributed by atoms with E-state index in [1.807, 2.05) is 7.05 Å². The molecule has 2 unspecified atom stereocenters. The number of anilines is 1. The van der Waals surface area contributed by atoms with Crippen LogP contribution in [0.15, 0.2) is 30.6 Å². The van der Waals surface area contributed by atoms with Gasteiger partial charge in [-0.1, -0.05) is 18.5 Å². The highest BCUT2D eigenvalue weighted by Gasteiger charge is 2.52. The van der Waals surface area contributed by atoms with Gasteiger partial charge < -0.3 is 9.80 Å². The Hall–Kier alpha value is -2.59. The normalized spacial score (nSPS) is 24.2. The van der Waals surface area contributed by atoms with Crippen molar-refractivity contribution in [3.05, 3.63) is 46.7 Å². The van der Waals surface area contributed by atoms with Crippen molar-refractivity contribution in [1.82, 2.24) is 19.6 Å². The van der Waals surface area contributed by atoms with Crippen LogP contribution >= 0.6 is 11.6 Å². The second-order valence-electron chi connectivity index (χ2n) is 10.0. The van der Waals surface area contributed by atoms with Crippen molar-refractivity contribution >= 4 is 29.2 Å². The standard InChI is InChI=1S/C24H29ClF3N5O2/c1-15(34)31(4)20-10-29-33(13-20)22(35)32-12-18-8-19(9-23(18,2)14-32)30(3)11-16-7-17(24(26,27)28)5-6-21(16)25/h5-7,10,13,18-19H,8-9,11-12,14H2,1-4H3/t18?,19-,23?/m1/s1. The molecule has 1 aromatic carbocycles. The SMILES string of the molecule is CC(=O)N(C)c1cnn(C(=O)N2CC3C[C@@H](N(C)Cc4cc(C(F)(F)F)ccc4Cl)CC3(C)C2)c1. The second-order valence-corrected chi connectivity index (χ2v) is 10.5. The van der Waals surface area contributed by atoms with Crippen LogP contribution in [-0.4, -0.2) is 64.7 Å². The fourth-order valence-corrected chi connectivity index (χ4v) is 5.50. The van der Waals surface area contributed by atoms with Crippen molar-refractivity contribution in [1.29, 1.82) is 0 Å². The Morgan fingerprint density at radius 3 is 2.63 bits per heavy atom. The lowest BCUT2D eigenvalue weighted by molar-refractivity contribution is -0.137. The smallest absolute Gasteiger partial charge is 0.322 e. The number of carbonyl (C=O) groups is 2. The van der Waals surface area contributed by atoms with Gasteiger partial charge in [-0.15, -0.1) is 0 Å². The van der Waals surface area contributed by atoms with E-state index in [2.05, 4.69) is 16.9 Å². The highest BCUT2D eigenvalue weighted by Crippen LogP contribution is 2.50. The minimum Gasteiger partial charge on any atom is -0.322 e. The Morgan fingerprint density at radius 1 is 1.29 bits per heavy atom. The molecule has 2 amide bonds. The van der Waals surface area contributed by atoms with E-state index < -0.39 is 11.7 Å². The maximum absolute atomic E-state index is 13.1. The van der Waals surface area contributed by atoms with Crippen LogP contribution in [0.2, 0.25) is 5.02 Å². The average Bonchev–Trinajstić information content (AvgIpc) is 3.45. The van der Waals surface area contributed by atoms with Crippen molar-refractivity contribution in [3.63, 3.8) is 0 Å². The monoisotopic (exact) mass is 511 g/mol. The lowest BCUT2D eigenvalue weighted by atomic mass is 9.83. The summed E-state index contributed by atoms with van der Waals surface area (Å²) in [6, 6.07) is 3.37. The highest BCUT2D eigenvalue weighted by atomic mass is 35.5. The highest BCUT2D eigenvalue weighted by molar-refractivity contribution is 6.31. The van der Waals surface area contributed by atoms with Gasteiger partial charge in [0.2, 0.25) is 5.91 Å². The quantitative estimate of drug-likeness (QED) is 0.595. The summed E-state index contributed by atoms with van der Waals surface area (Å²) in [6.45, 7) is 5.08. The van der Waals surface area contributed by atoms with Gasteiger partial charge >= 0.3 is 12.2 Å². The van der Waals surface area contributed by atoms with Gasteiger partial charge in [-0.3, -0.25) is 9.69 Å². The van der Waals surface area contributed by atoms with Crippen LogP contribution in [-0.2, 0) is 17.5 Å². The molecule has 2 heterocycles. The molecule has 2 aliphatic rings. The van der Waals surface area contributed by atoms with Crippen LogP contribution in [0.25, 0.3) is 0 Å². The fourth-order valence-electron chi connectivity index (χ4n) is 5.33. The van der Waals surface area contributed by atoms with Gasteiger partial charge in [0.05, 0.1) is 23.6 Å². The zero-order valence-electron chi connectivity index (χ0n) is 20.1. The van der Waals surface area contributed by atoms with Crippen molar-refractivity contribution in [2.24, 2.45) is 11.3 Å². The third kappa shape index (κ3) is 5.04. The maximum Gasteiger partial charge on any atom is 0.416 e. The van der Waals surface area contributed by atoms with Gasteiger partial charge in [-0.25, -0.2) is 4.79 Å². The Balaban J connectivity index is 1.40. The van der Waals surface area contributed by atoms with Crippen LogP contribution < -0.4 is 4.90 Å². The molecule has 7 nitrogen and oxygen atoms in total. The summed E-state index contributed by atoms with van der Waals surface area (Å²) in [5.41, 5.74) is 0.198.